The van der Waals surface area contributed by atoms with E-state index in [1.54, 1.807) is 18.7 Å². The van der Waals surface area contributed by atoms with Gasteiger partial charge in [-0.25, -0.2) is 4.98 Å². The Morgan fingerprint density at radius 2 is 2.08 bits per heavy atom. The van der Waals surface area contributed by atoms with Gasteiger partial charge in [0.1, 0.15) is 5.54 Å². The fraction of sp³-hybridized carbons (Fsp3) is 0.353. The predicted molar refractivity (Wildman–Crippen MR) is 98.8 cm³/mol. The normalized spacial score (nSPS) is 17.2. The maximum absolute atomic E-state index is 13.1. The highest BCUT2D eigenvalue weighted by atomic mass is 32.2. The lowest BCUT2D eigenvalue weighted by Crippen LogP contribution is -2.60. The smallest absolute Gasteiger partial charge is 0.250 e. The topological polar surface area (TPSA) is 62.3 Å². The first-order chi connectivity index (χ1) is 11.3. The summed E-state index contributed by atoms with van der Waals surface area (Å²) in [6.45, 7) is 7.32. The van der Waals surface area contributed by atoms with Crippen LogP contribution in [0.4, 0.5) is 11.4 Å². The van der Waals surface area contributed by atoms with Crippen molar-refractivity contribution in [1.29, 1.82) is 0 Å². The van der Waals surface area contributed by atoms with Gasteiger partial charge < -0.3 is 5.32 Å². The van der Waals surface area contributed by atoms with Crippen LogP contribution in [0, 0.1) is 6.92 Å². The van der Waals surface area contributed by atoms with Gasteiger partial charge in [0.05, 0.1) is 16.6 Å². The zero-order valence-corrected chi connectivity index (χ0v) is 15.6. The molecule has 24 heavy (non-hydrogen) atoms. The number of aryl methyl sites for hydroxylation is 1. The molecule has 1 N–H and O–H groups in total. The number of para-hydroxylation sites is 2. The van der Waals surface area contributed by atoms with Gasteiger partial charge in [0, 0.05) is 11.1 Å². The third kappa shape index (κ3) is 2.93. The zero-order valence-electron chi connectivity index (χ0n) is 14.0. The van der Waals surface area contributed by atoms with Crippen LogP contribution in [0.2, 0.25) is 0 Å². The molecule has 5 nitrogen and oxygen atoms in total. The maximum Gasteiger partial charge on any atom is 0.250 e. The van der Waals surface area contributed by atoms with Crippen LogP contribution in [-0.4, -0.2) is 27.6 Å². The van der Waals surface area contributed by atoms with Crippen LogP contribution in [0.3, 0.4) is 0 Å². The lowest BCUT2D eigenvalue weighted by molar-refractivity contribution is -0.126. The molecule has 1 aromatic carbocycles. The number of rotatable bonds is 3. The van der Waals surface area contributed by atoms with Gasteiger partial charge in [-0.2, -0.15) is 0 Å². The number of hydrogen-bond acceptors (Lipinski definition) is 5. The number of carbonyl (C=O) groups is 2. The van der Waals surface area contributed by atoms with E-state index < -0.39 is 5.54 Å². The van der Waals surface area contributed by atoms with E-state index in [9.17, 15) is 9.59 Å². The minimum absolute atomic E-state index is 0.0971. The van der Waals surface area contributed by atoms with Crippen LogP contribution < -0.4 is 10.2 Å². The number of hydrogen-bond donors (Lipinski definition) is 1. The van der Waals surface area contributed by atoms with Crippen molar-refractivity contribution in [3.05, 3.63) is 35.3 Å². The van der Waals surface area contributed by atoms with Gasteiger partial charge in [-0.3, -0.25) is 14.5 Å². The summed E-state index contributed by atoms with van der Waals surface area (Å²) in [4.78, 5) is 31.6. The molecule has 0 aliphatic carbocycles. The number of carbonyl (C=O) groups excluding carboxylic acids is 2. The molecule has 0 fully saturated rings. The number of nitrogens with zero attached hydrogens (tertiary/aromatic N) is 2. The first kappa shape index (κ1) is 17.0. The van der Waals surface area contributed by atoms with Crippen molar-refractivity contribution in [3.63, 3.8) is 0 Å². The number of benzene rings is 1. The van der Waals surface area contributed by atoms with Gasteiger partial charge in [0.15, 0.2) is 4.34 Å². The summed E-state index contributed by atoms with van der Waals surface area (Å²) in [5, 5.41) is 4.50. The Balaban J connectivity index is 1.93. The van der Waals surface area contributed by atoms with Crippen LogP contribution in [-0.2, 0) is 9.59 Å². The van der Waals surface area contributed by atoms with E-state index in [1.165, 1.54) is 23.1 Å². The summed E-state index contributed by atoms with van der Waals surface area (Å²) in [6, 6.07) is 7.38. The number of nitrogens with one attached hydrogen (secondary N) is 1. The Morgan fingerprint density at radius 1 is 1.38 bits per heavy atom. The molecular formula is C17H19N3O2S2. The minimum atomic E-state index is -0.945. The molecule has 7 heteroatoms. The molecule has 1 aromatic heterocycles. The Kier molecular flexibility index (Phi) is 4.40. The molecule has 2 heterocycles. The number of thiazole rings is 1. The van der Waals surface area contributed by atoms with Gasteiger partial charge in [-0.1, -0.05) is 23.9 Å². The quantitative estimate of drug-likeness (QED) is 0.847. The molecule has 0 saturated heterocycles. The van der Waals surface area contributed by atoms with Gasteiger partial charge in [-0.15, -0.1) is 11.3 Å². The van der Waals surface area contributed by atoms with E-state index >= 15 is 0 Å². The number of aromatic nitrogens is 1. The molecule has 3 rings (SSSR count). The van der Waals surface area contributed by atoms with E-state index in [-0.39, 0.29) is 17.1 Å². The van der Waals surface area contributed by atoms with E-state index in [4.69, 9.17) is 0 Å². The molecule has 1 aliphatic rings. The molecule has 0 bridgehead atoms. The number of amides is 2. The number of fused-ring (bicyclic) bond motifs is 1. The number of anilines is 2. The summed E-state index contributed by atoms with van der Waals surface area (Å²) in [7, 11) is 0. The van der Waals surface area contributed by atoms with Crippen molar-refractivity contribution >= 4 is 46.3 Å². The van der Waals surface area contributed by atoms with Crippen LogP contribution in [0.5, 0.6) is 0 Å². The van der Waals surface area contributed by atoms with Crippen molar-refractivity contribution in [2.45, 2.75) is 42.8 Å². The molecule has 2 aromatic rings. The van der Waals surface area contributed by atoms with Crippen molar-refractivity contribution < 1.29 is 9.59 Å². The van der Waals surface area contributed by atoms with Gasteiger partial charge >= 0.3 is 0 Å². The fourth-order valence-electron chi connectivity index (χ4n) is 2.62. The molecule has 1 aliphatic heterocycles. The third-order valence-electron chi connectivity index (χ3n) is 3.95. The zero-order chi connectivity index (χ0) is 17.5. The highest BCUT2D eigenvalue weighted by Gasteiger charge is 2.44. The van der Waals surface area contributed by atoms with Crippen molar-refractivity contribution in [3.8, 4) is 0 Å². The summed E-state index contributed by atoms with van der Waals surface area (Å²) >= 11 is 2.96. The second kappa shape index (κ2) is 6.22. The Morgan fingerprint density at radius 3 is 2.75 bits per heavy atom. The minimum Gasteiger partial charge on any atom is -0.322 e. The maximum atomic E-state index is 13.1. The Hall–Kier alpha value is -1.86. The van der Waals surface area contributed by atoms with Crippen molar-refractivity contribution in [2.75, 3.05) is 10.2 Å². The fourth-order valence-corrected chi connectivity index (χ4v) is 4.64. The Labute approximate surface area is 149 Å². The van der Waals surface area contributed by atoms with Gasteiger partial charge in [-0.05, 0) is 39.8 Å². The molecule has 0 spiro atoms. The van der Waals surface area contributed by atoms with Gasteiger partial charge in [0.25, 0.3) is 0 Å². The SMILES string of the molecule is Cc1csc(S[C@@H](C)C(=O)N2c3ccccc3NC(=O)C2(C)C)n1. The van der Waals surface area contributed by atoms with Crippen LogP contribution in [0.1, 0.15) is 26.5 Å². The highest BCUT2D eigenvalue weighted by Crippen LogP contribution is 2.39. The summed E-state index contributed by atoms with van der Waals surface area (Å²) < 4.78 is 0.862. The van der Waals surface area contributed by atoms with Crippen LogP contribution in [0.15, 0.2) is 34.0 Å². The van der Waals surface area contributed by atoms with E-state index in [0.29, 0.717) is 5.69 Å². The van der Waals surface area contributed by atoms with Gasteiger partial charge in [0.2, 0.25) is 11.8 Å². The first-order valence-corrected chi connectivity index (χ1v) is 9.40. The third-order valence-corrected chi connectivity index (χ3v) is 6.13. The standard InChI is InChI=1S/C17H19N3O2S2/c1-10-9-23-16(18-10)24-11(2)14(21)20-13-8-6-5-7-12(13)19-15(22)17(20,3)4/h5-9,11H,1-4H3,(H,19,22)/t11-/m0/s1. The molecule has 0 unspecified atom stereocenters. The van der Waals surface area contributed by atoms with E-state index in [2.05, 4.69) is 10.3 Å². The molecule has 1 atom stereocenters. The lowest BCUT2D eigenvalue weighted by atomic mass is 9.96. The van der Waals surface area contributed by atoms with E-state index in [0.717, 1.165) is 15.7 Å². The Bertz CT molecular complexity index is 801. The van der Waals surface area contributed by atoms with Crippen molar-refractivity contribution in [1.82, 2.24) is 4.98 Å². The number of thioether (sulfide) groups is 1. The largest absolute Gasteiger partial charge is 0.322 e. The average molecular weight is 361 g/mol. The second-order valence-electron chi connectivity index (χ2n) is 6.22. The highest BCUT2D eigenvalue weighted by molar-refractivity contribution is 8.02. The average Bonchev–Trinajstić information content (AvgIpc) is 2.93. The lowest BCUT2D eigenvalue weighted by Gasteiger charge is -2.43. The molecule has 0 radical (unpaired) electrons. The van der Waals surface area contributed by atoms with Crippen LogP contribution >= 0.6 is 23.1 Å². The van der Waals surface area contributed by atoms with E-state index in [1.807, 2.05) is 43.5 Å². The first-order valence-electron chi connectivity index (χ1n) is 7.64. The molecule has 126 valence electrons. The molecular weight excluding hydrogens is 342 g/mol. The summed E-state index contributed by atoms with van der Waals surface area (Å²) in [5.41, 5.74) is 1.40. The molecule has 2 amide bonds. The summed E-state index contributed by atoms with van der Waals surface area (Å²) in [6.07, 6.45) is 0. The summed E-state index contributed by atoms with van der Waals surface area (Å²) in [5.74, 6) is -0.281. The predicted octanol–water partition coefficient (Wildman–Crippen LogP) is 3.70. The van der Waals surface area contributed by atoms with Crippen LogP contribution in [0.25, 0.3) is 0 Å². The van der Waals surface area contributed by atoms with Crippen molar-refractivity contribution in [2.24, 2.45) is 0 Å². The molecule has 0 saturated carbocycles. The second-order valence-corrected chi connectivity index (χ2v) is 8.66. The monoisotopic (exact) mass is 361 g/mol.